The zero-order valence-electron chi connectivity index (χ0n) is 24.1. The molecule has 230 valence electrons. The zero-order valence-corrected chi connectivity index (χ0v) is 25.8. The Morgan fingerprint density at radius 1 is 0.568 bits per heavy atom. The first-order chi connectivity index (χ1) is 21.0. The summed E-state index contributed by atoms with van der Waals surface area (Å²) in [6, 6.07) is 26.1. The summed E-state index contributed by atoms with van der Waals surface area (Å²) in [5, 5.41) is 5.41. The van der Waals surface area contributed by atoms with E-state index in [1.54, 1.807) is 72.8 Å². The van der Waals surface area contributed by atoms with Gasteiger partial charge in [-0.2, -0.15) is 0 Å². The molecule has 0 radical (unpaired) electrons. The molecule has 4 aromatic carbocycles. The number of ether oxygens (including phenoxy) is 2. The highest BCUT2D eigenvalue weighted by Gasteiger charge is 2.19. The van der Waals surface area contributed by atoms with E-state index in [0.29, 0.717) is 22.9 Å². The van der Waals surface area contributed by atoms with Gasteiger partial charge in [-0.05, 0) is 59.7 Å². The first-order valence-corrected chi connectivity index (χ1v) is 16.8. The van der Waals surface area contributed by atoms with Crippen LogP contribution in [-0.2, 0) is 29.3 Å². The topological polar surface area (TPSA) is 145 Å². The minimum Gasteiger partial charge on any atom is -0.495 e. The number of carbonyl (C=O) groups is 2. The molecule has 4 aromatic rings. The molecule has 12 heteroatoms. The molecule has 4 rings (SSSR count). The molecule has 2 N–H and O–H groups in total. The number of hydrogen-bond acceptors (Lipinski definition) is 8. The van der Waals surface area contributed by atoms with Gasteiger partial charge >= 0.3 is 0 Å². The summed E-state index contributed by atoms with van der Waals surface area (Å²) >= 11 is 0. The van der Waals surface area contributed by atoms with Crippen LogP contribution in [0, 0.1) is 0 Å². The van der Waals surface area contributed by atoms with Gasteiger partial charge in [0.05, 0.1) is 46.9 Å². The van der Waals surface area contributed by atoms with E-state index in [9.17, 15) is 26.4 Å². The third-order valence-electron chi connectivity index (χ3n) is 6.68. The molecule has 0 aliphatic heterocycles. The molecular formula is C32H32N2O8S2. The summed E-state index contributed by atoms with van der Waals surface area (Å²) in [6.07, 6.45) is -0.463. The number of benzene rings is 4. The summed E-state index contributed by atoms with van der Waals surface area (Å²) in [6.45, 7) is 0. The van der Waals surface area contributed by atoms with E-state index in [1.165, 1.54) is 38.5 Å². The van der Waals surface area contributed by atoms with Crippen molar-refractivity contribution in [2.75, 3.05) is 36.4 Å². The van der Waals surface area contributed by atoms with Gasteiger partial charge in [0.2, 0.25) is 11.8 Å². The Morgan fingerprint density at radius 2 is 0.932 bits per heavy atom. The van der Waals surface area contributed by atoms with Crippen LogP contribution in [0.5, 0.6) is 11.5 Å². The smallest absolute Gasteiger partial charge is 0.225 e. The molecule has 0 bridgehead atoms. The van der Waals surface area contributed by atoms with E-state index in [4.69, 9.17) is 9.47 Å². The maximum Gasteiger partial charge on any atom is 0.225 e. The predicted octanol–water partition coefficient (Wildman–Crippen LogP) is 4.98. The molecule has 0 fully saturated rings. The summed E-state index contributed by atoms with van der Waals surface area (Å²) in [4.78, 5) is 25.5. The van der Waals surface area contributed by atoms with E-state index in [1.807, 2.05) is 0 Å². The lowest BCUT2D eigenvalue weighted by molar-refractivity contribution is -0.116. The quantitative estimate of drug-likeness (QED) is 0.209. The van der Waals surface area contributed by atoms with Crippen LogP contribution in [0.4, 0.5) is 11.4 Å². The molecule has 0 saturated carbocycles. The highest BCUT2D eigenvalue weighted by Crippen LogP contribution is 2.35. The summed E-state index contributed by atoms with van der Waals surface area (Å²) < 4.78 is 61.0. The van der Waals surface area contributed by atoms with Gasteiger partial charge < -0.3 is 20.1 Å². The largest absolute Gasteiger partial charge is 0.495 e. The molecule has 0 aliphatic rings. The summed E-state index contributed by atoms with van der Waals surface area (Å²) in [7, 11) is -4.30. The number of hydrogen-bond donors (Lipinski definition) is 2. The van der Waals surface area contributed by atoms with Crippen molar-refractivity contribution in [3.8, 4) is 22.6 Å². The second-order valence-corrected chi connectivity index (χ2v) is 13.9. The number of anilines is 2. The van der Waals surface area contributed by atoms with Crippen molar-refractivity contribution in [2.24, 2.45) is 0 Å². The summed E-state index contributed by atoms with van der Waals surface area (Å²) in [5.74, 6) is -0.915. The van der Waals surface area contributed by atoms with Crippen LogP contribution in [0.25, 0.3) is 11.1 Å². The number of amides is 2. The molecule has 44 heavy (non-hydrogen) atoms. The van der Waals surface area contributed by atoms with Crippen LogP contribution in [-0.4, -0.2) is 54.4 Å². The molecule has 0 spiro atoms. The van der Waals surface area contributed by atoms with Crippen molar-refractivity contribution in [2.45, 2.75) is 22.6 Å². The minimum absolute atomic E-state index is 0.159. The van der Waals surface area contributed by atoms with E-state index in [0.717, 1.165) is 11.1 Å². The van der Waals surface area contributed by atoms with Crippen molar-refractivity contribution in [1.82, 2.24) is 0 Å². The lowest BCUT2D eigenvalue weighted by Crippen LogP contribution is -2.18. The highest BCUT2D eigenvalue weighted by molar-refractivity contribution is 7.91. The first kappa shape index (κ1) is 32.2. The van der Waals surface area contributed by atoms with Crippen LogP contribution < -0.4 is 20.1 Å². The maximum absolute atomic E-state index is 12.6. The fraction of sp³-hybridized carbons (Fsp3) is 0.188. The van der Waals surface area contributed by atoms with Crippen molar-refractivity contribution < 1.29 is 35.9 Å². The summed E-state index contributed by atoms with van der Waals surface area (Å²) in [5.41, 5.74) is 2.19. The van der Waals surface area contributed by atoms with E-state index in [-0.39, 0.29) is 34.1 Å². The van der Waals surface area contributed by atoms with Gasteiger partial charge in [-0.15, -0.1) is 0 Å². The molecule has 0 atom stereocenters. The Labute approximate surface area is 256 Å². The number of methoxy groups -OCH3 is 2. The van der Waals surface area contributed by atoms with Crippen LogP contribution in [0.1, 0.15) is 12.8 Å². The lowest BCUT2D eigenvalue weighted by atomic mass is 10.0. The van der Waals surface area contributed by atoms with Gasteiger partial charge in [0.25, 0.3) is 0 Å². The predicted molar refractivity (Wildman–Crippen MR) is 168 cm³/mol. The standard InChI is InChI=1S/C32H32N2O8S2/c1-41-29-21-23(13-15-27(29)33-31(35)17-19-43(37,38)25-9-5-3-6-10-25)24-14-16-28(30(22-24)42-2)34-32(36)18-20-44(39,40)26-11-7-4-8-12-26/h3-16,21-22H,17-20H2,1-2H3,(H,33,35)(H,34,36). The number of sulfone groups is 2. The lowest BCUT2D eigenvalue weighted by Gasteiger charge is -2.15. The van der Waals surface area contributed by atoms with Gasteiger partial charge in [0, 0.05) is 12.8 Å². The zero-order chi connectivity index (χ0) is 31.7. The second-order valence-electron chi connectivity index (χ2n) is 9.69. The maximum atomic E-state index is 12.6. The Bertz CT molecular complexity index is 1710. The monoisotopic (exact) mass is 636 g/mol. The number of nitrogens with one attached hydrogen (secondary N) is 2. The van der Waals surface area contributed by atoms with E-state index in [2.05, 4.69) is 10.6 Å². The highest BCUT2D eigenvalue weighted by atomic mass is 32.2. The van der Waals surface area contributed by atoms with Crippen molar-refractivity contribution in [1.29, 1.82) is 0 Å². The first-order valence-electron chi connectivity index (χ1n) is 13.5. The average molecular weight is 637 g/mol. The molecule has 2 amide bonds. The number of carbonyl (C=O) groups excluding carboxylic acids is 2. The van der Waals surface area contributed by atoms with Crippen LogP contribution in [0.3, 0.4) is 0 Å². The van der Waals surface area contributed by atoms with Crippen LogP contribution >= 0.6 is 0 Å². The van der Waals surface area contributed by atoms with Gasteiger partial charge in [-0.25, -0.2) is 16.8 Å². The molecule has 0 unspecified atom stereocenters. The molecule has 0 heterocycles. The van der Waals surface area contributed by atoms with Gasteiger partial charge in [0.15, 0.2) is 19.7 Å². The normalized spacial score (nSPS) is 11.4. The third-order valence-corrected chi connectivity index (χ3v) is 10.1. The van der Waals surface area contributed by atoms with Crippen molar-refractivity contribution >= 4 is 42.9 Å². The van der Waals surface area contributed by atoms with Gasteiger partial charge in [0.1, 0.15) is 11.5 Å². The minimum atomic E-state index is -3.60. The Hall–Kier alpha value is -4.68. The molecule has 0 aromatic heterocycles. The van der Waals surface area contributed by atoms with Crippen LogP contribution in [0.2, 0.25) is 0 Å². The van der Waals surface area contributed by atoms with Crippen molar-refractivity contribution in [3.63, 3.8) is 0 Å². The molecule has 0 saturated heterocycles. The third kappa shape index (κ3) is 8.23. The van der Waals surface area contributed by atoms with Gasteiger partial charge in [-0.3, -0.25) is 9.59 Å². The van der Waals surface area contributed by atoms with Gasteiger partial charge in [-0.1, -0.05) is 48.5 Å². The van der Waals surface area contributed by atoms with Crippen molar-refractivity contribution in [3.05, 3.63) is 97.1 Å². The molecule has 10 nitrogen and oxygen atoms in total. The molecular weight excluding hydrogens is 604 g/mol. The Kier molecular flexibility index (Phi) is 10.4. The van der Waals surface area contributed by atoms with Crippen LogP contribution in [0.15, 0.2) is 107 Å². The van der Waals surface area contributed by atoms with E-state index >= 15 is 0 Å². The SMILES string of the molecule is COc1cc(-c2ccc(NC(=O)CCS(=O)(=O)c3ccccc3)c(OC)c2)ccc1NC(=O)CCS(=O)(=O)c1ccccc1. The molecule has 0 aliphatic carbocycles. The fourth-order valence-corrected chi connectivity index (χ4v) is 6.84. The Balaban J connectivity index is 1.41. The van der Waals surface area contributed by atoms with E-state index < -0.39 is 31.5 Å². The fourth-order valence-electron chi connectivity index (χ4n) is 4.32. The average Bonchev–Trinajstić information content (AvgIpc) is 3.04. The second kappa shape index (κ2) is 14.2. The Morgan fingerprint density at radius 3 is 1.27 bits per heavy atom. The number of rotatable bonds is 13.